The second-order valence-electron chi connectivity index (χ2n) is 6.72. The maximum absolute atomic E-state index is 12.8. The zero-order valence-electron chi connectivity index (χ0n) is 15.4. The second-order valence-corrected chi connectivity index (χ2v) is 6.72. The van der Waals surface area contributed by atoms with Gasteiger partial charge in [-0.15, -0.1) is 0 Å². The molecule has 3 aromatic heterocycles. The number of likely N-dealkylation sites (tertiary alicyclic amines) is 1. The fourth-order valence-electron chi connectivity index (χ4n) is 3.52. The van der Waals surface area contributed by atoms with Crippen LogP contribution in [0.1, 0.15) is 40.8 Å². The number of hydrogen-bond acceptors (Lipinski definition) is 6. The van der Waals surface area contributed by atoms with E-state index >= 15 is 0 Å². The lowest BCUT2D eigenvalue weighted by atomic mass is 9.92. The molecule has 0 aromatic carbocycles. The third kappa shape index (κ3) is 3.30. The van der Waals surface area contributed by atoms with Crippen molar-refractivity contribution in [2.24, 2.45) is 7.05 Å². The van der Waals surface area contributed by atoms with E-state index in [1.165, 1.54) is 6.20 Å². The molecule has 138 valence electrons. The van der Waals surface area contributed by atoms with Gasteiger partial charge in [0.25, 0.3) is 5.91 Å². The minimum Gasteiger partial charge on any atom is -0.337 e. The average Bonchev–Trinajstić information content (AvgIpc) is 3.06. The molecule has 4 rings (SSSR count). The number of amides is 1. The number of imidazole rings is 1. The van der Waals surface area contributed by atoms with Gasteiger partial charge in [0.05, 0.1) is 23.8 Å². The first-order valence-electron chi connectivity index (χ1n) is 9.00. The van der Waals surface area contributed by atoms with E-state index in [0.29, 0.717) is 18.8 Å². The SMILES string of the molecule is Cc1ncc(-c2nccnc2C2CCCN(C(=O)c3cnccn3)C2)n1C. The van der Waals surface area contributed by atoms with Crippen LogP contribution in [-0.4, -0.2) is 53.4 Å². The Labute approximate surface area is 157 Å². The van der Waals surface area contributed by atoms with E-state index in [9.17, 15) is 4.79 Å². The molecule has 1 atom stereocenters. The molecule has 1 amide bonds. The summed E-state index contributed by atoms with van der Waals surface area (Å²) in [7, 11) is 1.97. The van der Waals surface area contributed by atoms with Gasteiger partial charge in [0.2, 0.25) is 0 Å². The zero-order chi connectivity index (χ0) is 18.8. The molecule has 1 fully saturated rings. The Morgan fingerprint density at radius 3 is 2.63 bits per heavy atom. The van der Waals surface area contributed by atoms with Gasteiger partial charge in [-0.1, -0.05) is 0 Å². The maximum atomic E-state index is 12.8. The largest absolute Gasteiger partial charge is 0.337 e. The van der Waals surface area contributed by atoms with Crippen molar-refractivity contribution >= 4 is 5.91 Å². The van der Waals surface area contributed by atoms with Crippen molar-refractivity contribution in [3.05, 3.63) is 54.4 Å². The number of carbonyl (C=O) groups is 1. The van der Waals surface area contributed by atoms with E-state index in [-0.39, 0.29) is 11.8 Å². The number of carbonyl (C=O) groups excluding carboxylic acids is 1. The summed E-state index contributed by atoms with van der Waals surface area (Å²) in [5.74, 6) is 0.956. The smallest absolute Gasteiger partial charge is 0.274 e. The van der Waals surface area contributed by atoms with Gasteiger partial charge in [-0.2, -0.15) is 0 Å². The standard InChI is InChI=1S/C19H21N7O/c1-13-24-11-16(25(13)2)18-17(22-7-8-23-18)14-4-3-9-26(12-14)19(27)15-10-20-5-6-21-15/h5-8,10-11,14H,3-4,9,12H2,1-2H3. The first-order valence-corrected chi connectivity index (χ1v) is 9.00. The molecule has 8 nitrogen and oxygen atoms in total. The quantitative estimate of drug-likeness (QED) is 0.707. The second kappa shape index (κ2) is 7.22. The van der Waals surface area contributed by atoms with Crippen LogP contribution in [0.5, 0.6) is 0 Å². The molecule has 1 unspecified atom stereocenters. The van der Waals surface area contributed by atoms with Gasteiger partial charge in [-0.3, -0.25) is 19.7 Å². The van der Waals surface area contributed by atoms with E-state index in [0.717, 1.165) is 35.7 Å². The lowest BCUT2D eigenvalue weighted by Crippen LogP contribution is -2.39. The predicted molar refractivity (Wildman–Crippen MR) is 98.9 cm³/mol. The molecule has 1 aliphatic rings. The number of aromatic nitrogens is 6. The summed E-state index contributed by atoms with van der Waals surface area (Å²) in [4.78, 5) is 36.3. The summed E-state index contributed by atoms with van der Waals surface area (Å²) in [6.07, 6.45) is 11.7. The molecular weight excluding hydrogens is 342 g/mol. The fraction of sp³-hybridized carbons (Fsp3) is 0.368. The highest BCUT2D eigenvalue weighted by atomic mass is 16.2. The topological polar surface area (TPSA) is 89.7 Å². The highest BCUT2D eigenvalue weighted by molar-refractivity contribution is 5.92. The molecule has 0 aliphatic carbocycles. The van der Waals surface area contributed by atoms with Crippen LogP contribution in [0.25, 0.3) is 11.4 Å². The van der Waals surface area contributed by atoms with E-state index in [4.69, 9.17) is 0 Å². The van der Waals surface area contributed by atoms with Gasteiger partial charge >= 0.3 is 0 Å². The number of nitrogens with zero attached hydrogens (tertiary/aromatic N) is 7. The zero-order valence-corrected chi connectivity index (χ0v) is 15.4. The third-order valence-electron chi connectivity index (χ3n) is 5.07. The highest BCUT2D eigenvalue weighted by Crippen LogP contribution is 2.32. The van der Waals surface area contributed by atoms with Gasteiger partial charge < -0.3 is 9.47 Å². The molecular formula is C19H21N7O. The van der Waals surface area contributed by atoms with Crippen LogP contribution < -0.4 is 0 Å². The Kier molecular flexibility index (Phi) is 4.62. The fourth-order valence-corrected chi connectivity index (χ4v) is 3.52. The Hall–Kier alpha value is -3.16. The van der Waals surface area contributed by atoms with Crippen molar-refractivity contribution in [1.82, 2.24) is 34.4 Å². The van der Waals surface area contributed by atoms with Gasteiger partial charge in [0, 0.05) is 50.8 Å². The number of hydrogen-bond donors (Lipinski definition) is 0. The monoisotopic (exact) mass is 363 g/mol. The lowest BCUT2D eigenvalue weighted by Gasteiger charge is -2.32. The molecule has 27 heavy (non-hydrogen) atoms. The molecule has 4 heterocycles. The van der Waals surface area contributed by atoms with Crippen LogP contribution in [0.15, 0.2) is 37.2 Å². The molecule has 3 aromatic rings. The van der Waals surface area contributed by atoms with Crippen LogP contribution in [0.2, 0.25) is 0 Å². The molecule has 0 spiro atoms. The summed E-state index contributed by atoms with van der Waals surface area (Å²) in [5.41, 5.74) is 3.06. The number of rotatable bonds is 3. The summed E-state index contributed by atoms with van der Waals surface area (Å²) in [6, 6.07) is 0. The summed E-state index contributed by atoms with van der Waals surface area (Å²) >= 11 is 0. The number of aryl methyl sites for hydroxylation is 1. The first kappa shape index (κ1) is 17.3. The predicted octanol–water partition coefficient (Wildman–Crippen LogP) is 2.00. The minimum absolute atomic E-state index is 0.0883. The van der Waals surface area contributed by atoms with E-state index in [2.05, 4.69) is 24.9 Å². The van der Waals surface area contributed by atoms with Gasteiger partial charge in [-0.05, 0) is 19.8 Å². The minimum atomic E-state index is -0.0883. The lowest BCUT2D eigenvalue weighted by molar-refractivity contribution is 0.0699. The van der Waals surface area contributed by atoms with Crippen LogP contribution in [-0.2, 0) is 7.05 Å². The Morgan fingerprint density at radius 2 is 1.89 bits per heavy atom. The van der Waals surface area contributed by atoms with Crippen molar-refractivity contribution in [3.8, 4) is 11.4 Å². The van der Waals surface area contributed by atoms with Crippen molar-refractivity contribution in [2.75, 3.05) is 13.1 Å². The molecule has 0 radical (unpaired) electrons. The normalized spacial score (nSPS) is 17.1. The summed E-state index contributed by atoms with van der Waals surface area (Å²) in [6.45, 7) is 3.27. The summed E-state index contributed by atoms with van der Waals surface area (Å²) in [5, 5.41) is 0. The Balaban J connectivity index is 1.63. The molecule has 8 heteroatoms. The molecule has 1 saturated heterocycles. The first-order chi connectivity index (χ1) is 13.1. The van der Waals surface area contributed by atoms with E-state index in [1.807, 2.05) is 29.6 Å². The Bertz CT molecular complexity index is 954. The van der Waals surface area contributed by atoms with Gasteiger partial charge in [0.15, 0.2) is 0 Å². The van der Waals surface area contributed by atoms with E-state index in [1.54, 1.807) is 24.8 Å². The average molecular weight is 363 g/mol. The van der Waals surface area contributed by atoms with Crippen molar-refractivity contribution in [2.45, 2.75) is 25.7 Å². The van der Waals surface area contributed by atoms with E-state index < -0.39 is 0 Å². The van der Waals surface area contributed by atoms with Crippen LogP contribution in [0.4, 0.5) is 0 Å². The maximum Gasteiger partial charge on any atom is 0.274 e. The third-order valence-corrected chi connectivity index (χ3v) is 5.07. The van der Waals surface area contributed by atoms with Crippen LogP contribution in [0, 0.1) is 6.92 Å². The molecule has 0 saturated carbocycles. The van der Waals surface area contributed by atoms with Gasteiger partial charge in [-0.25, -0.2) is 9.97 Å². The molecule has 0 bridgehead atoms. The summed E-state index contributed by atoms with van der Waals surface area (Å²) < 4.78 is 2.01. The number of piperidine rings is 1. The van der Waals surface area contributed by atoms with Crippen molar-refractivity contribution in [3.63, 3.8) is 0 Å². The van der Waals surface area contributed by atoms with Crippen LogP contribution in [0.3, 0.4) is 0 Å². The molecule has 0 N–H and O–H groups in total. The van der Waals surface area contributed by atoms with Crippen LogP contribution >= 0.6 is 0 Å². The molecule has 1 aliphatic heterocycles. The highest BCUT2D eigenvalue weighted by Gasteiger charge is 2.29. The van der Waals surface area contributed by atoms with Crippen molar-refractivity contribution < 1.29 is 4.79 Å². The van der Waals surface area contributed by atoms with Gasteiger partial charge in [0.1, 0.15) is 17.2 Å². The van der Waals surface area contributed by atoms with Crippen molar-refractivity contribution in [1.29, 1.82) is 0 Å². The Morgan fingerprint density at radius 1 is 1.07 bits per heavy atom.